The van der Waals surface area contributed by atoms with Gasteiger partial charge in [-0.2, -0.15) is 0 Å². The van der Waals surface area contributed by atoms with Gasteiger partial charge in [0.25, 0.3) is 0 Å². The summed E-state index contributed by atoms with van der Waals surface area (Å²) in [6.45, 7) is 3.41. The lowest BCUT2D eigenvalue weighted by atomic mass is 10.00. The van der Waals surface area contributed by atoms with Gasteiger partial charge in [0, 0.05) is 18.4 Å². The van der Waals surface area contributed by atoms with Gasteiger partial charge in [-0.15, -0.1) is 0 Å². The van der Waals surface area contributed by atoms with E-state index in [9.17, 15) is 0 Å². The fraction of sp³-hybridized carbons (Fsp3) is 0.643. The molecular weight excluding hydrogens is 196 g/mol. The van der Waals surface area contributed by atoms with E-state index in [0.717, 1.165) is 18.9 Å². The number of hydrogen-bond donors (Lipinski definition) is 1. The maximum Gasteiger partial charge on any atom is 0.0300 e. The number of nitrogens with one attached hydrogen (secondary N) is 1. The third-order valence-corrected chi connectivity index (χ3v) is 3.71. The van der Waals surface area contributed by atoms with Crippen LogP contribution in [0.4, 0.5) is 0 Å². The van der Waals surface area contributed by atoms with Crippen molar-refractivity contribution in [2.24, 2.45) is 5.92 Å². The van der Waals surface area contributed by atoms with E-state index >= 15 is 0 Å². The third-order valence-electron chi connectivity index (χ3n) is 3.71. The molecule has 0 aromatic carbocycles. The van der Waals surface area contributed by atoms with Crippen LogP contribution in [0.1, 0.15) is 38.2 Å². The summed E-state index contributed by atoms with van der Waals surface area (Å²) < 4.78 is 0. The standard InChI is InChI=1S/C14H22N2/c1-12(14-6-2-3-7-14)16-10-8-13-5-4-9-15-11-13/h4-5,9,11-12,14,16H,2-3,6-8,10H2,1H3/t12-/m0/s1. The van der Waals surface area contributed by atoms with Crippen LogP contribution in [0.5, 0.6) is 0 Å². The molecule has 1 atom stereocenters. The molecule has 0 radical (unpaired) electrons. The molecule has 1 saturated carbocycles. The molecule has 2 heteroatoms. The van der Waals surface area contributed by atoms with E-state index in [1.807, 2.05) is 18.5 Å². The number of hydrogen-bond acceptors (Lipinski definition) is 2. The van der Waals surface area contributed by atoms with Crippen LogP contribution in [-0.4, -0.2) is 17.6 Å². The van der Waals surface area contributed by atoms with Crippen molar-refractivity contribution in [3.05, 3.63) is 30.1 Å². The van der Waals surface area contributed by atoms with Gasteiger partial charge in [0.2, 0.25) is 0 Å². The highest BCUT2D eigenvalue weighted by atomic mass is 14.9. The van der Waals surface area contributed by atoms with Crippen molar-refractivity contribution in [1.82, 2.24) is 10.3 Å². The summed E-state index contributed by atoms with van der Waals surface area (Å²) >= 11 is 0. The van der Waals surface area contributed by atoms with Gasteiger partial charge in [-0.25, -0.2) is 0 Å². The van der Waals surface area contributed by atoms with Crippen LogP contribution in [0, 0.1) is 5.92 Å². The van der Waals surface area contributed by atoms with Gasteiger partial charge in [0.1, 0.15) is 0 Å². The van der Waals surface area contributed by atoms with Gasteiger partial charge in [0.15, 0.2) is 0 Å². The molecule has 1 fully saturated rings. The SMILES string of the molecule is C[C@H](NCCc1cccnc1)C1CCCC1. The minimum atomic E-state index is 0.680. The lowest BCUT2D eigenvalue weighted by Crippen LogP contribution is -2.33. The molecule has 1 aromatic rings. The van der Waals surface area contributed by atoms with Crippen LogP contribution < -0.4 is 5.32 Å². The Labute approximate surface area is 98.5 Å². The molecule has 1 N–H and O–H groups in total. The van der Waals surface area contributed by atoms with Crippen molar-refractivity contribution in [3.63, 3.8) is 0 Å². The summed E-state index contributed by atoms with van der Waals surface area (Å²) in [6, 6.07) is 4.84. The van der Waals surface area contributed by atoms with Crippen molar-refractivity contribution in [3.8, 4) is 0 Å². The lowest BCUT2D eigenvalue weighted by Gasteiger charge is -2.20. The van der Waals surface area contributed by atoms with Crippen molar-refractivity contribution in [2.45, 2.75) is 45.1 Å². The van der Waals surface area contributed by atoms with Crippen LogP contribution in [0.3, 0.4) is 0 Å². The Morgan fingerprint density at radius 2 is 2.25 bits per heavy atom. The molecule has 1 aliphatic rings. The van der Waals surface area contributed by atoms with Crippen LogP contribution in [0.15, 0.2) is 24.5 Å². The Balaban J connectivity index is 1.67. The first-order valence-electron chi connectivity index (χ1n) is 6.48. The first-order chi connectivity index (χ1) is 7.86. The minimum Gasteiger partial charge on any atom is -0.314 e. The molecule has 0 amide bonds. The second-order valence-corrected chi connectivity index (χ2v) is 4.90. The lowest BCUT2D eigenvalue weighted by molar-refractivity contribution is 0.384. The normalized spacial score (nSPS) is 18.8. The molecule has 16 heavy (non-hydrogen) atoms. The molecule has 0 spiro atoms. The maximum atomic E-state index is 4.13. The fourth-order valence-electron chi connectivity index (χ4n) is 2.61. The minimum absolute atomic E-state index is 0.680. The first kappa shape index (κ1) is 11.6. The molecule has 2 nitrogen and oxygen atoms in total. The van der Waals surface area contributed by atoms with E-state index in [1.165, 1.54) is 31.2 Å². The Morgan fingerprint density at radius 1 is 1.44 bits per heavy atom. The molecule has 1 aromatic heterocycles. The predicted octanol–water partition coefficient (Wildman–Crippen LogP) is 2.79. The zero-order valence-electron chi connectivity index (χ0n) is 10.2. The summed E-state index contributed by atoms with van der Waals surface area (Å²) in [4.78, 5) is 4.13. The number of aromatic nitrogens is 1. The molecule has 0 saturated heterocycles. The van der Waals surface area contributed by atoms with E-state index in [-0.39, 0.29) is 0 Å². The maximum absolute atomic E-state index is 4.13. The second-order valence-electron chi connectivity index (χ2n) is 4.90. The second kappa shape index (κ2) is 6.00. The Bertz CT molecular complexity index is 291. The number of pyridine rings is 1. The van der Waals surface area contributed by atoms with E-state index < -0.39 is 0 Å². The van der Waals surface area contributed by atoms with Crippen molar-refractivity contribution in [1.29, 1.82) is 0 Å². The Morgan fingerprint density at radius 3 is 2.94 bits per heavy atom. The average Bonchev–Trinajstić information content (AvgIpc) is 2.84. The molecule has 0 aliphatic heterocycles. The van der Waals surface area contributed by atoms with Crippen LogP contribution in [0.25, 0.3) is 0 Å². The topological polar surface area (TPSA) is 24.9 Å². The predicted molar refractivity (Wildman–Crippen MR) is 67.4 cm³/mol. The molecule has 0 bridgehead atoms. The summed E-state index contributed by atoms with van der Waals surface area (Å²) in [5.74, 6) is 0.911. The highest BCUT2D eigenvalue weighted by molar-refractivity contribution is 5.08. The zero-order chi connectivity index (χ0) is 11.2. The fourth-order valence-corrected chi connectivity index (χ4v) is 2.61. The Kier molecular flexibility index (Phi) is 4.34. The molecule has 0 unspecified atom stereocenters. The molecular formula is C14H22N2. The highest BCUT2D eigenvalue weighted by Gasteiger charge is 2.20. The summed E-state index contributed by atoms with van der Waals surface area (Å²) in [5.41, 5.74) is 1.33. The van der Waals surface area contributed by atoms with Crippen LogP contribution in [0.2, 0.25) is 0 Å². The van der Waals surface area contributed by atoms with Crippen molar-refractivity contribution in [2.75, 3.05) is 6.54 Å². The molecule has 1 aliphatic carbocycles. The van der Waals surface area contributed by atoms with Gasteiger partial charge in [-0.3, -0.25) is 4.98 Å². The van der Waals surface area contributed by atoms with Gasteiger partial charge in [0.05, 0.1) is 0 Å². The van der Waals surface area contributed by atoms with Gasteiger partial charge >= 0.3 is 0 Å². The number of nitrogens with zero attached hydrogens (tertiary/aromatic N) is 1. The first-order valence-corrected chi connectivity index (χ1v) is 6.48. The highest BCUT2D eigenvalue weighted by Crippen LogP contribution is 2.27. The third kappa shape index (κ3) is 3.31. The van der Waals surface area contributed by atoms with E-state index in [0.29, 0.717) is 6.04 Å². The largest absolute Gasteiger partial charge is 0.314 e. The van der Waals surface area contributed by atoms with E-state index in [4.69, 9.17) is 0 Å². The molecule has 2 rings (SSSR count). The zero-order valence-corrected chi connectivity index (χ0v) is 10.2. The van der Waals surface area contributed by atoms with Gasteiger partial charge in [-0.1, -0.05) is 18.9 Å². The van der Waals surface area contributed by atoms with Gasteiger partial charge in [-0.05, 0) is 50.3 Å². The summed E-state index contributed by atoms with van der Waals surface area (Å²) in [5, 5.41) is 3.65. The molecule has 1 heterocycles. The van der Waals surface area contributed by atoms with Crippen molar-refractivity contribution < 1.29 is 0 Å². The van der Waals surface area contributed by atoms with Crippen LogP contribution >= 0.6 is 0 Å². The quantitative estimate of drug-likeness (QED) is 0.822. The smallest absolute Gasteiger partial charge is 0.0300 e. The van der Waals surface area contributed by atoms with Crippen molar-refractivity contribution >= 4 is 0 Å². The van der Waals surface area contributed by atoms with E-state index in [1.54, 1.807) is 0 Å². The summed E-state index contributed by atoms with van der Waals surface area (Å²) in [7, 11) is 0. The summed E-state index contributed by atoms with van der Waals surface area (Å²) in [6.07, 6.45) is 10.6. The van der Waals surface area contributed by atoms with Gasteiger partial charge < -0.3 is 5.32 Å². The average molecular weight is 218 g/mol. The Hall–Kier alpha value is -0.890. The number of rotatable bonds is 5. The van der Waals surface area contributed by atoms with Crippen LogP contribution in [-0.2, 0) is 6.42 Å². The molecule has 88 valence electrons. The van der Waals surface area contributed by atoms with E-state index in [2.05, 4.69) is 23.3 Å². The monoisotopic (exact) mass is 218 g/mol.